The van der Waals surface area contributed by atoms with Gasteiger partial charge in [-0.15, -0.1) is 0 Å². The summed E-state index contributed by atoms with van der Waals surface area (Å²) >= 11 is 0. The molecule has 0 radical (unpaired) electrons. The van der Waals surface area contributed by atoms with Crippen LogP contribution in [0.15, 0.2) is 23.1 Å². The van der Waals surface area contributed by atoms with E-state index in [0.29, 0.717) is 17.7 Å². The summed E-state index contributed by atoms with van der Waals surface area (Å²) in [5.74, 6) is 0. The minimum Gasteiger partial charge on any atom is -0.393 e. The van der Waals surface area contributed by atoms with E-state index < -0.39 is 10.0 Å². The standard InChI is InChI=1S/C13H17NO3S/c15-12-7-11(8-12)14-18(16,17)13-5-4-9-2-1-3-10(9)6-13/h4-6,11-12,14-15H,1-3,7-8H2. The molecule has 1 saturated carbocycles. The first-order valence-electron chi connectivity index (χ1n) is 6.37. The number of hydrogen-bond donors (Lipinski definition) is 2. The maximum Gasteiger partial charge on any atom is 0.240 e. The summed E-state index contributed by atoms with van der Waals surface area (Å²) < 4.78 is 26.9. The summed E-state index contributed by atoms with van der Waals surface area (Å²) in [5, 5.41) is 9.18. The summed E-state index contributed by atoms with van der Waals surface area (Å²) in [4.78, 5) is 0.351. The van der Waals surface area contributed by atoms with Crippen molar-refractivity contribution < 1.29 is 13.5 Å². The lowest BCUT2D eigenvalue weighted by Crippen LogP contribution is -2.46. The second-order valence-electron chi connectivity index (χ2n) is 5.23. The van der Waals surface area contributed by atoms with Crippen molar-refractivity contribution in [1.29, 1.82) is 0 Å². The van der Waals surface area contributed by atoms with Gasteiger partial charge in [-0.25, -0.2) is 13.1 Å². The molecule has 1 aromatic carbocycles. The van der Waals surface area contributed by atoms with Crippen molar-refractivity contribution in [3.8, 4) is 0 Å². The summed E-state index contributed by atoms with van der Waals surface area (Å²) in [6.45, 7) is 0. The number of nitrogens with one attached hydrogen (secondary N) is 1. The van der Waals surface area contributed by atoms with E-state index in [-0.39, 0.29) is 12.1 Å². The summed E-state index contributed by atoms with van der Waals surface area (Å²) in [6.07, 6.45) is 3.83. The summed E-state index contributed by atoms with van der Waals surface area (Å²) in [7, 11) is -3.43. The van der Waals surface area contributed by atoms with Crippen molar-refractivity contribution in [3.63, 3.8) is 0 Å². The van der Waals surface area contributed by atoms with E-state index in [0.717, 1.165) is 24.8 Å². The fourth-order valence-electron chi connectivity index (χ4n) is 2.69. The van der Waals surface area contributed by atoms with E-state index >= 15 is 0 Å². The molecule has 2 aliphatic carbocycles. The maximum absolute atomic E-state index is 12.1. The molecule has 0 bridgehead atoms. The number of aliphatic hydroxyl groups is 1. The number of rotatable bonds is 3. The van der Waals surface area contributed by atoms with Crippen LogP contribution in [0, 0.1) is 0 Å². The molecular weight excluding hydrogens is 250 g/mol. The van der Waals surface area contributed by atoms with Crippen LogP contribution >= 0.6 is 0 Å². The van der Waals surface area contributed by atoms with E-state index in [4.69, 9.17) is 0 Å². The lowest BCUT2D eigenvalue weighted by atomic mass is 9.91. The fourth-order valence-corrected chi connectivity index (χ4v) is 4.00. The lowest BCUT2D eigenvalue weighted by Gasteiger charge is -2.31. The SMILES string of the molecule is O=S(=O)(NC1CC(O)C1)c1ccc2c(c1)CCC2. The Bertz CT molecular complexity index is 562. The van der Waals surface area contributed by atoms with Crippen LogP contribution in [-0.4, -0.2) is 25.7 Å². The average molecular weight is 267 g/mol. The Morgan fingerprint density at radius 1 is 1.17 bits per heavy atom. The molecule has 1 aromatic rings. The molecular formula is C13H17NO3S. The van der Waals surface area contributed by atoms with Gasteiger partial charge in [0.25, 0.3) is 0 Å². The molecule has 0 atom stereocenters. The zero-order valence-electron chi connectivity index (χ0n) is 10.1. The second kappa shape index (κ2) is 4.33. The van der Waals surface area contributed by atoms with Crippen molar-refractivity contribution in [3.05, 3.63) is 29.3 Å². The summed E-state index contributed by atoms with van der Waals surface area (Å²) in [5.41, 5.74) is 2.43. The Morgan fingerprint density at radius 3 is 2.61 bits per heavy atom. The number of hydrogen-bond acceptors (Lipinski definition) is 3. The van der Waals surface area contributed by atoms with Crippen LogP contribution in [0.3, 0.4) is 0 Å². The van der Waals surface area contributed by atoms with Crippen molar-refractivity contribution in [2.45, 2.75) is 49.1 Å². The molecule has 4 nitrogen and oxygen atoms in total. The molecule has 0 spiro atoms. The Balaban J connectivity index is 1.80. The number of benzene rings is 1. The first-order chi connectivity index (χ1) is 8.54. The van der Waals surface area contributed by atoms with E-state index in [1.54, 1.807) is 12.1 Å². The first-order valence-corrected chi connectivity index (χ1v) is 7.85. The van der Waals surface area contributed by atoms with Gasteiger partial charge >= 0.3 is 0 Å². The van der Waals surface area contributed by atoms with Crippen molar-refractivity contribution in [1.82, 2.24) is 4.72 Å². The number of fused-ring (bicyclic) bond motifs is 1. The quantitative estimate of drug-likeness (QED) is 0.858. The molecule has 0 aliphatic heterocycles. The first kappa shape index (κ1) is 12.1. The third-order valence-electron chi connectivity index (χ3n) is 3.82. The predicted molar refractivity (Wildman–Crippen MR) is 67.8 cm³/mol. The summed E-state index contributed by atoms with van der Waals surface area (Å²) in [6, 6.07) is 5.28. The van der Waals surface area contributed by atoms with E-state index in [2.05, 4.69) is 4.72 Å². The normalized spacial score (nSPS) is 26.7. The minimum absolute atomic E-state index is 0.113. The molecule has 0 amide bonds. The van der Waals surface area contributed by atoms with Crippen LogP contribution in [0.2, 0.25) is 0 Å². The maximum atomic E-state index is 12.1. The van der Waals surface area contributed by atoms with Gasteiger partial charge in [0.2, 0.25) is 10.0 Å². The molecule has 2 aliphatic rings. The van der Waals surface area contributed by atoms with Crippen LogP contribution in [0.5, 0.6) is 0 Å². The molecule has 3 rings (SSSR count). The molecule has 0 unspecified atom stereocenters. The van der Waals surface area contributed by atoms with Crippen LogP contribution in [0.4, 0.5) is 0 Å². The molecule has 1 fully saturated rings. The van der Waals surface area contributed by atoms with Gasteiger partial charge in [0.15, 0.2) is 0 Å². The van der Waals surface area contributed by atoms with Crippen LogP contribution < -0.4 is 4.72 Å². The minimum atomic E-state index is -3.43. The Kier molecular flexibility index (Phi) is 2.92. The van der Waals surface area contributed by atoms with Crippen molar-refractivity contribution >= 4 is 10.0 Å². The van der Waals surface area contributed by atoms with Gasteiger partial charge in [-0.2, -0.15) is 0 Å². The van der Waals surface area contributed by atoms with Gasteiger partial charge in [0.05, 0.1) is 11.0 Å². The molecule has 0 aromatic heterocycles. The fraction of sp³-hybridized carbons (Fsp3) is 0.538. The van der Waals surface area contributed by atoms with E-state index in [9.17, 15) is 13.5 Å². The van der Waals surface area contributed by atoms with Crippen LogP contribution in [-0.2, 0) is 22.9 Å². The highest BCUT2D eigenvalue weighted by Gasteiger charge is 2.31. The van der Waals surface area contributed by atoms with Crippen molar-refractivity contribution in [2.75, 3.05) is 0 Å². The molecule has 98 valence electrons. The van der Waals surface area contributed by atoms with Gasteiger partial charge in [-0.05, 0) is 55.4 Å². The molecule has 0 heterocycles. The zero-order valence-corrected chi connectivity index (χ0v) is 10.9. The molecule has 0 saturated heterocycles. The second-order valence-corrected chi connectivity index (χ2v) is 6.94. The van der Waals surface area contributed by atoms with Crippen molar-refractivity contribution in [2.24, 2.45) is 0 Å². The number of sulfonamides is 1. The smallest absolute Gasteiger partial charge is 0.240 e. The third-order valence-corrected chi connectivity index (χ3v) is 5.33. The van der Waals surface area contributed by atoms with Gasteiger partial charge in [-0.1, -0.05) is 6.07 Å². The topological polar surface area (TPSA) is 66.4 Å². The lowest BCUT2D eigenvalue weighted by molar-refractivity contribution is 0.0712. The Hall–Kier alpha value is -0.910. The van der Waals surface area contributed by atoms with Crippen LogP contribution in [0.1, 0.15) is 30.4 Å². The largest absolute Gasteiger partial charge is 0.393 e. The van der Waals surface area contributed by atoms with Crippen LogP contribution in [0.25, 0.3) is 0 Å². The number of aliphatic hydroxyl groups excluding tert-OH is 1. The zero-order chi connectivity index (χ0) is 12.8. The monoisotopic (exact) mass is 267 g/mol. The molecule has 18 heavy (non-hydrogen) atoms. The Morgan fingerprint density at radius 2 is 1.89 bits per heavy atom. The third kappa shape index (κ3) is 2.18. The highest BCUT2D eigenvalue weighted by Crippen LogP contribution is 2.26. The Labute approximate surface area is 107 Å². The predicted octanol–water partition coefficient (Wildman–Crippen LogP) is 0.977. The van der Waals surface area contributed by atoms with E-state index in [1.807, 2.05) is 6.07 Å². The highest BCUT2D eigenvalue weighted by molar-refractivity contribution is 7.89. The van der Waals surface area contributed by atoms with E-state index in [1.165, 1.54) is 5.56 Å². The average Bonchev–Trinajstić information content (AvgIpc) is 2.73. The molecule has 5 heteroatoms. The van der Waals surface area contributed by atoms with Gasteiger partial charge in [0.1, 0.15) is 0 Å². The van der Waals surface area contributed by atoms with Gasteiger partial charge in [-0.3, -0.25) is 0 Å². The molecule has 2 N–H and O–H groups in total. The number of aryl methyl sites for hydroxylation is 2. The van der Waals surface area contributed by atoms with Gasteiger partial charge < -0.3 is 5.11 Å². The highest BCUT2D eigenvalue weighted by atomic mass is 32.2. The van der Waals surface area contributed by atoms with Gasteiger partial charge in [0, 0.05) is 6.04 Å².